The Balaban J connectivity index is 1.82. The molecule has 1 aromatic heterocycles. The monoisotopic (exact) mass is 312 g/mol. The first-order chi connectivity index (χ1) is 11.1. The fourth-order valence-corrected chi connectivity index (χ4v) is 2.51. The van der Waals surface area contributed by atoms with Crippen molar-refractivity contribution < 1.29 is 14.3 Å². The lowest BCUT2D eigenvalue weighted by Gasteiger charge is -2.14. The summed E-state index contributed by atoms with van der Waals surface area (Å²) in [5.74, 6) is 0.189. The van der Waals surface area contributed by atoms with Crippen LogP contribution in [0.25, 0.3) is 0 Å². The zero-order valence-corrected chi connectivity index (χ0v) is 13.3. The molecular weight excluding hydrogens is 292 g/mol. The van der Waals surface area contributed by atoms with Crippen molar-refractivity contribution in [2.24, 2.45) is 0 Å². The number of amides is 1. The lowest BCUT2D eigenvalue weighted by molar-refractivity contribution is -0.0445. The highest BCUT2D eigenvalue weighted by atomic mass is 16.7. The van der Waals surface area contributed by atoms with Gasteiger partial charge in [-0.15, -0.1) is 0 Å². The molecule has 1 fully saturated rings. The fraction of sp³-hybridized carbons (Fsp3) is 0.333. The fourth-order valence-electron chi connectivity index (χ4n) is 2.51. The van der Waals surface area contributed by atoms with Crippen molar-refractivity contribution in [3.8, 4) is 0 Å². The third-order valence-electron chi connectivity index (χ3n) is 3.79. The van der Waals surface area contributed by atoms with Crippen molar-refractivity contribution >= 4 is 11.6 Å². The van der Waals surface area contributed by atoms with Gasteiger partial charge >= 0.3 is 0 Å². The molecule has 0 spiro atoms. The van der Waals surface area contributed by atoms with Crippen LogP contribution in [-0.2, 0) is 9.47 Å². The number of rotatable bonds is 4. The van der Waals surface area contributed by atoms with Crippen molar-refractivity contribution in [1.29, 1.82) is 0 Å². The number of hydrogen-bond donors (Lipinski definition) is 1. The molecule has 5 heteroatoms. The highest BCUT2D eigenvalue weighted by molar-refractivity contribution is 6.05. The van der Waals surface area contributed by atoms with E-state index >= 15 is 0 Å². The first kappa shape index (κ1) is 15.6. The number of ether oxygens (including phenoxy) is 2. The van der Waals surface area contributed by atoms with E-state index < -0.39 is 6.29 Å². The van der Waals surface area contributed by atoms with E-state index in [9.17, 15) is 4.79 Å². The second kappa shape index (κ2) is 6.89. The van der Waals surface area contributed by atoms with Gasteiger partial charge in [-0.25, -0.2) is 0 Å². The maximum absolute atomic E-state index is 12.6. The summed E-state index contributed by atoms with van der Waals surface area (Å²) in [6.07, 6.45) is 2.68. The number of carbonyl (C=O) groups is 1. The van der Waals surface area contributed by atoms with Gasteiger partial charge in [0, 0.05) is 23.6 Å². The minimum atomic E-state index is -0.499. The van der Waals surface area contributed by atoms with Crippen LogP contribution in [0.15, 0.2) is 42.7 Å². The van der Waals surface area contributed by atoms with E-state index in [-0.39, 0.29) is 5.91 Å². The van der Waals surface area contributed by atoms with Crippen molar-refractivity contribution in [3.63, 3.8) is 0 Å². The van der Waals surface area contributed by atoms with Gasteiger partial charge in [0.05, 0.1) is 18.8 Å². The van der Waals surface area contributed by atoms with Crippen LogP contribution in [0.3, 0.4) is 0 Å². The molecule has 1 aromatic carbocycles. The molecule has 2 heterocycles. The SMILES string of the molecule is CC(C)c1cccc(NC(=O)c2cnccc2C2OCCO2)c1. The molecule has 120 valence electrons. The van der Waals surface area contributed by atoms with Crippen molar-refractivity contribution in [2.75, 3.05) is 18.5 Å². The van der Waals surface area contributed by atoms with Gasteiger partial charge in [-0.3, -0.25) is 9.78 Å². The van der Waals surface area contributed by atoms with Crippen LogP contribution < -0.4 is 5.32 Å². The highest BCUT2D eigenvalue weighted by Crippen LogP contribution is 2.26. The molecule has 1 aliphatic rings. The van der Waals surface area contributed by atoms with Crippen molar-refractivity contribution in [2.45, 2.75) is 26.1 Å². The minimum absolute atomic E-state index is 0.215. The molecule has 3 rings (SSSR count). The van der Waals surface area contributed by atoms with Gasteiger partial charge in [0.15, 0.2) is 6.29 Å². The normalized spacial score (nSPS) is 15.1. The second-order valence-electron chi connectivity index (χ2n) is 5.77. The Hall–Kier alpha value is -2.24. The maximum Gasteiger partial charge on any atom is 0.257 e. The van der Waals surface area contributed by atoms with Gasteiger partial charge in [0.2, 0.25) is 0 Å². The average Bonchev–Trinajstić information content (AvgIpc) is 3.09. The molecule has 0 saturated carbocycles. The molecule has 1 amide bonds. The summed E-state index contributed by atoms with van der Waals surface area (Å²) >= 11 is 0. The number of pyridine rings is 1. The molecule has 0 bridgehead atoms. The topological polar surface area (TPSA) is 60.5 Å². The van der Waals surface area contributed by atoms with Crippen LogP contribution in [-0.4, -0.2) is 24.1 Å². The summed E-state index contributed by atoms with van der Waals surface area (Å²) in [6, 6.07) is 9.62. The zero-order valence-electron chi connectivity index (χ0n) is 13.3. The van der Waals surface area contributed by atoms with Gasteiger partial charge < -0.3 is 14.8 Å². The maximum atomic E-state index is 12.6. The molecular formula is C18H20N2O3. The minimum Gasteiger partial charge on any atom is -0.346 e. The van der Waals surface area contributed by atoms with Crippen LogP contribution >= 0.6 is 0 Å². The Morgan fingerprint density at radius 1 is 1.26 bits per heavy atom. The van der Waals surface area contributed by atoms with E-state index in [1.54, 1.807) is 18.5 Å². The first-order valence-corrected chi connectivity index (χ1v) is 7.73. The largest absolute Gasteiger partial charge is 0.346 e. The number of anilines is 1. The zero-order chi connectivity index (χ0) is 16.2. The summed E-state index contributed by atoms with van der Waals surface area (Å²) < 4.78 is 11.0. The van der Waals surface area contributed by atoms with Gasteiger partial charge in [-0.05, 0) is 29.7 Å². The Morgan fingerprint density at radius 2 is 2.04 bits per heavy atom. The molecule has 23 heavy (non-hydrogen) atoms. The summed E-state index contributed by atoms with van der Waals surface area (Å²) in [5.41, 5.74) is 3.12. The smallest absolute Gasteiger partial charge is 0.257 e. The van der Waals surface area contributed by atoms with Crippen LogP contribution in [0.1, 0.15) is 47.5 Å². The standard InChI is InChI=1S/C18H20N2O3/c1-12(2)13-4-3-5-14(10-13)20-17(21)16-11-19-7-6-15(16)18-22-8-9-23-18/h3-7,10-12,18H,8-9H2,1-2H3,(H,20,21). The molecule has 0 aliphatic carbocycles. The van der Waals surface area contributed by atoms with Crippen LogP contribution in [0.5, 0.6) is 0 Å². The lowest BCUT2D eigenvalue weighted by atomic mass is 10.0. The molecule has 0 unspecified atom stereocenters. The third-order valence-corrected chi connectivity index (χ3v) is 3.79. The molecule has 0 atom stereocenters. The Kier molecular flexibility index (Phi) is 4.69. The van der Waals surface area contributed by atoms with E-state index in [4.69, 9.17) is 9.47 Å². The Bertz CT molecular complexity index is 694. The number of nitrogens with zero attached hydrogens (tertiary/aromatic N) is 1. The number of carbonyl (C=O) groups excluding carboxylic acids is 1. The predicted octanol–water partition coefficient (Wildman–Crippen LogP) is 3.50. The van der Waals surface area contributed by atoms with Gasteiger partial charge in [-0.1, -0.05) is 26.0 Å². The number of aromatic nitrogens is 1. The average molecular weight is 312 g/mol. The van der Waals surface area contributed by atoms with E-state index in [0.29, 0.717) is 30.3 Å². The lowest BCUT2D eigenvalue weighted by Crippen LogP contribution is -2.16. The molecule has 2 aromatic rings. The third kappa shape index (κ3) is 3.57. The first-order valence-electron chi connectivity index (χ1n) is 7.73. The van der Waals surface area contributed by atoms with E-state index in [2.05, 4.69) is 30.2 Å². The number of benzene rings is 1. The van der Waals surface area contributed by atoms with E-state index in [1.807, 2.05) is 18.2 Å². The van der Waals surface area contributed by atoms with Gasteiger partial charge in [-0.2, -0.15) is 0 Å². The van der Waals surface area contributed by atoms with E-state index in [0.717, 1.165) is 5.69 Å². The molecule has 1 N–H and O–H groups in total. The molecule has 0 radical (unpaired) electrons. The quantitative estimate of drug-likeness (QED) is 0.938. The number of hydrogen-bond acceptors (Lipinski definition) is 4. The molecule has 5 nitrogen and oxygen atoms in total. The van der Waals surface area contributed by atoms with Crippen LogP contribution in [0.4, 0.5) is 5.69 Å². The Morgan fingerprint density at radius 3 is 2.78 bits per heavy atom. The highest BCUT2D eigenvalue weighted by Gasteiger charge is 2.24. The molecule has 1 aliphatic heterocycles. The van der Waals surface area contributed by atoms with Gasteiger partial charge in [0.1, 0.15) is 0 Å². The molecule has 1 saturated heterocycles. The van der Waals surface area contributed by atoms with E-state index in [1.165, 1.54) is 5.56 Å². The van der Waals surface area contributed by atoms with Gasteiger partial charge in [0.25, 0.3) is 5.91 Å². The summed E-state index contributed by atoms with van der Waals surface area (Å²) in [7, 11) is 0. The van der Waals surface area contributed by atoms with Crippen LogP contribution in [0.2, 0.25) is 0 Å². The Labute approximate surface area is 135 Å². The van der Waals surface area contributed by atoms with Crippen molar-refractivity contribution in [1.82, 2.24) is 4.98 Å². The summed E-state index contributed by atoms with van der Waals surface area (Å²) in [6.45, 7) is 5.30. The van der Waals surface area contributed by atoms with Crippen molar-refractivity contribution in [3.05, 3.63) is 59.4 Å². The summed E-state index contributed by atoms with van der Waals surface area (Å²) in [4.78, 5) is 16.7. The summed E-state index contributed by atoms with van der Waals surface area (Å²) in [5, 5.41) is 2.93. The van der Waals surface area contributed by atoms with Crippen LogP contribution in [0, 0.1) is 0 Å². The second-order valence-corrected chi connectivity index (χ2v) is 5.77. The predicted molar refractivity (Wildman–Crippen MR) is 87.4 cm³/mol. The number of nitrogens with one attached hydrogen (secondary N) is 1.